The summed E-state index contributed by atoms with van der Waals surface area (Å²) in [7, 11) is 0. The summed E-state index contributed by atoms with van der Waals surface area (Å²) in [6.45, 7) is 2.16. The number of esters is 2. The predicted octanol–water partition coefficient (Wildman–Crippen LogP) is 3.60. The van der Waals surface area contributed by atoms with E-state index in [0.717, 1.165) is 19.3 Å². The number of hydrogen-bond donors (Lipinski definition) is 1. The van der Waals surface area contributed by atoms with E-state index in [4.69, 9.17) is 5.11 Å². The first kappa shape index (κ1) is 16.2. The van der Waals surface area contributed by atoms with Crippen LogP contribution in [0.5, 0.6) is 0 Å². The summed E-state index contributed by atoms with van der Waals surface area (Å²) in [5, 5.41) is 9.12. The average Bonchev–Trinajstić information content (AvgIpc) is 2.77. The molecule has 0 atom stereocenters. The summed E-state index contributed by atoms with van der Waals surface area (Å²) in [5.74, 6) is -2.54. The van der Waals surface area contributed by atoms with Gasteiger partial charge in [-0.2, -0.15) is 0 Å². The number of aromatic carboxylic acids is 1. The zero-order valence-corrected chi connectivity index (χ0v) is 12.7. The van der Waals surface area contributed by atoms with Gasteiger partial charge < -0.3 is 9.84 Å². The van der Waals surface area contributed by atoms with Crippen LogP contribution in [0.2, 0.25) is 0 Å². The van der Waals surface area contributed by atoms with Crippen LogP contribution in [0, 0.1) is 0 Å². The lowest BCUT2D eigenvalue weighted by molar-refractivity contribution is 0.0443. The standard InChI is InChI=1S/C17H20O5/c1-2-3-4-5-6-7-8-11-9-12(15(18)19)10-13-14(11)17(21)22-16(13)20/h9-10H,2-8H2,1H3,(H,18,19). The highest BCUT2D eigenvalue weighted by Crippen LogP contribution is 2.27. The number of carboxylic acids is 1. The Labute approximate surface area is 129 Å². The Hall–Kier alpha value is -2.17. The van der Waals surface area contributed by atoms with Gasteiger partial charge in [0.1, 0.15) is 0 Å². The predicted molar refractivity (Wildman–Crippen MR) is 80.2 cm³/mol. The van der Waals surface area contributed by atoms with E-state index in [0.29, 0.717) is 12.0 Å². The minimum Gasteiger partial charge on any atom is -0.478 e. The number of hydrogen-bond acceptors (Lipinski definition) is 4. The Balaban J connectivity index is 2.12. The van der Waals surface area contributed by atoms with E-state index in [2.05, 4.69) is 11.7 Å². The van der Waals surface area contributed by atoms with Crippen LogP contribution in [0.3, 0.4) is 0 Å². The van der Waals surface area contributed by atoms with Gasteiger partial charge in [-0.25, -0.2) is 14.4 Å². The molecule has 5 heteroatoms. The van der Waals surface area contributed by atoms with Crippen LogP contribution >= 0.6 is 0 Å². The molecule has 1 heterocycles. The first-order valence-corrected chi connectivity index (χ1v) is 7.71. The summed E-state index contributed by atoms with van der Waals surface area (Å²) >= 11 is 0. The maximum Gasteiger partial charge on any atom is 0.347 e. The fourth-order valence-electron chi connectivity index (χ4n) is 2.71. The molecule has 118 valence electrons. The summed E-state index contributed by atoms with van der Waals surface area (Å²) in [6, 6.07) is 2.70. The minimum atomic E-state index is -1.11. The lowest BCUT2D eigenvalue weighted by Crippen LogP contribution is -2.05. The number of unbranched alkanes of at least 4 members (excludes halogenated alkanes) is 5. The monoisotopic (exact) mass is 304 g/mol. The smallest absolute Gasteiger partial charge is 0.347 e. The van der Waals surface area contributed by atoms with Crippen LogP contribution in [-0.4, -0.2) is 23.0 Å². The normalized spacial score (nSPS) is 13.1. The van der Waals surface area contributed by atoms with E-state index < -0.39 is 17.9 Å². The fraction of sp³-hybridized carbons (Fsp3) is 0.471. The zero-order chi connectivity index (χ0) is 16.1. The number of rotatable bonds is 8. The molecule has 0 aliphatic carbocycles. The van der Waals surface area contributed by atoms with Crippen LogP contribution in [-0.2, 0) is 11.2 Å². The van der Waals surface area contributed by atoms with Crippen LogP contribution in [0.1, 0.15) is 82.1 Å². The average molecular weight is 304 g/mol. The van der Waals surface area contributed by atoms with Crippen molar-refractivity contribution in [2.24, 2.45) is 0 Å². The molecule has 1 aromatic rings. The Bertz CT molecular complexity index is 603. The molecule has 1 N–H and O–H groups in total. The van der Waals surface area contributed by atoms with Crippen molar-refractivity contribution in [1.82, 2.24) is 0 Å². The quantitative estimate of drug-likeness (QED) is 0.451. The number of carbonyl (C=O) groups is 3. The lowest BCUT2D eigenvalue weighted by atomic mass is 9.95. The number of carbonyl (C=O) groups excluding carboxylic acids is 2. The van der Waals surface area contributed by atoms with Gasteiger partial charge in [-0.15, -0.1) is 0 Å². The lowest BCUT2D eigenvalue weighted by Gasteiger charge is -2.07. The minimum absolute atomic E-state index is 0.0198. The van der Waals surface area contributed by atoms with E-state index in [-0.39, 0.29) is 16.7 Å². The molecule has 5 nitrogen and oxygen atoms in total. The van der Waals surface area contributed by atoms with Gasteiger partial charge in [0.25, 0.3) is 0 Å². The van der Waals surface area contributed by atoms with Gasteiger partial charge in [-0.1, -0.05) is 39.0 Å². The Morgan fingerprint density at radius 2 is 1.73 bits per heavy atom. The number of fused-ring (bicyclic) bond motifs is 1. The number of cyclic esters (lactones) is 2. The highest BCUT2D eigenvalue weighted by atomic mass is 16.6. The Morgan fingerprint density at radius 1 is 1.05 bits per heavy atom. The van der Waals surface area contributed by atoms with Gasteiger partial charge in [0, 0.05) is 0 Å². The van der Waals surface area contributed by atoms with Crippen molar-refractivity contribution in [2.75, 3.05) is 0 Å². The van der Waals surface area contributed by atoms with E-state index in [9.17, 15) is 14.4 Å². The van der Waals surface area contributed by atoms with E-state index in [1.807, 2.05) is 0 Å². The van der Waals surface area contributed by atoms with Crippen molar-refractivity contribution >= 4 is 17.9 Å². The van der Waals surface area contributed by atoms with E-state index >= 15 is 0 Å². The summed E-state index contributed by atoms with van der Waals surface area (Å²) in [6.07, 6.45) is 7.17. The summed E-state index contributed by atoms with van der Waals surface area (Å²) in [5.41, 5.74) is 0.932. The molecule has 1 aliphatic heterocycles. The first-order chi connectivity index (χ1) is 10.5. The molecule has 0 fully saturated rings. The molecule has 0 aromatic heterocycles. The molecular weight excluding hydrogens is 284 g/mol. The van der Waals surface area contributed by atoms with Gasteiger partial charge in [0.15, 0.2) is 0 Å². The maximum absolute atomic E-state index is 11.8. The fourth-order valence-corrected chi connectivity index (χ4v) is 2.71. The first-order valence-electron chi connectivity index (χ1n) is 7.71. The van der Waals surface area contributed by atoms with Crippen LogP contribution in [0.4, 0.5) is 0 Å². The number of benzene rings is 1. The Morgan fingerprint density at radius 3 is 2.41 bits per heavy atom. The third-order valence-corrected chi connectivity index (χ3v) is 3.88. The second kappa shape index (κ2) is 7.20. The molecule has 0 unspecified atom stereocenters. The molecule has 0 saturated carbocycles. The molecule has 1 aromatic carbocycles. The highest BCUT2D eigenvalue weighted by molar-refractivity contribution is 6.16. The molecule has 0 spiro atoms. The van der Waals surface area contributed by atoms with Gasteiger partial charge >= 0.3 is 17.9 Å². The molecule has 0 bridgehead atoms. The number of aryl methyl sites for hydroxylation is 1. The van der Waals surface area contributed by atoms with Crippen molar-refractivity contribution in [2.45, 2.75) is 51.9 Å². The number of ether oxygens (including phenoxy) is 1. The van der Waals surface area contributed by atoms with Crippen molar-refractivity contribution < 1.29 is 24.2 Å². The second-order valence-corrected chi connectivity index (χ2v) is 5.56. The van der Waals surface area contributed by atoms with Crippen LogP contribution < -0.4 is 0 Å². The maximum atomic E-state index is 11.8. The second-order valence-electron chi connectivity index (χ2n) is 5.56. The van der Waals surface area contributed by atoms with Gasteiger partial charge in [-0.3, -0.25) is 0 Å². The van der Waals surface area contributed by atoms with Crippen molar-refractivity contribution in [3.63, 3.8) is 0 Å². The molecular formula is C17H20O5. The molecule has 0 saturated heterocycles. The highest BCUT2D eigenvalue weighted by Gasteiger charge is 2.33. The van der Waals surface area contributed by atoms with E-state index in [1.54, 1.807) is 0 Å². The van der Waals surface area contributed by atoms with Crippen LogP contribution in [0.15, 0.2) is 12.1 Å². The number of carboxylic acid groups (broad SMARTS) is 1. The Kier molecular flexibility index (Phi) is 5.31. The molecule has 2 rings (SSSR count). The third-order valence-electron chi connectivity index (χ3n) is 3.88. The van der Waals surface area contributed by atoms with Crippen molar-refractivity contribution in [3.05, 3.63) is 34.4 Å². The van der Waals surface area contributed by atoms with Crippen molar-refractivity contribution in [3.8, 4) is 0 Å². The van der Waals surface area contributed by atoms with Gasteiger partial charge in [0.2, 0.25) is 0 Å². The molecule has 0 amide bonds. The molecule has 0 radical (unpaired) electrons. The summed E-state index contributed by atoms with van der Waals surface area (Å²) in [4.78, 5) is 34.5. The van der Waals surface area contributed by atoms with E-state index in [1.165, 1.54) is 31.4 Å². The SMILES string of the molecule is CCCCCCCCc1cc(C(=O)O)cc2c1C(=O)OC2=O. The van der Waals surface area contributed by atoms with Gasteiger partial charge in [0.05, 0.1) is 16.7 Å². The van der Waals surface area contributed by atoms with Crippen LogP contribution in [0.25, 0.3) is 0 Å². The zero-order valence-electron chi connectivity index (χ0n) is 12.7. The molecule has 1 aliphatic rings. The largest absolute Gasteiger partial charge is 0.478 e. The molecule has 22 heavy (non-hydrogen) atoms. The summed E-state index contributed by atoms with van der Waals surface area (Å²) < 4.78 is 4.60. The third kappa shape index (κ3) is 3.53. The van der Waals surface area contributed by atoms with Gasteiger partial charge in [-0.05, 0) is 30.5 Å². The van der Waals surface area contributed by atoms with Crippen molar-refractivity contribution in [1.29, 1.82) is 0 Å². The topological polar surface area (TPSA) is 80.7 Å².